The second-order valence-corrected chi connectivity index (χ2v) is 0.864. The Morgan fingerprint density at radius 1 is 1.00 bits per heavy atom. The van der Waals surface area contributed by atoms with Crippen LogP contribution in [0.15, 0.2) is 0 Å². The van der Waals surface area contributed by atoms with E-state index in [-0.39, 0.29) is 19.5 Å². The molecule has 0 heterocycles. The van der Waals surface area contributed by atoms with Gasteiger partial charge >= 0.3 is 19.5 Å². The van der Waals surface area contributed by atoms with Gasteiger partial charge in [-0.15, -0.1) is 12.8 Å². The number of carboxylic acids is 2. The summed E-state index contributed by atoms with van der Waals surface area (Å²) >= 11 is 0. The van der Waals surface area contributed by atoms with E-state index in [0.29, 0.717) is 0 Å². The van der Waals surface area contributed by atoms with E-state index < -0.39 is 11.9 Å². The van der Waals surface area contributed by atoms with Gasteiger partial charge in [0.05, 0.1) is 0 Å². The van der Waals surface area contributed by atoms with Crippen molar-refractivity contribution >= 4 is 11.9 Å². The summed E-state index contributed by atoms with van der Waals surface area (Å²) < 4.78 is 0. The fourth-order valence-electron chi connectivity index (χ4n) is 0. The standard InChI is InChI=1S/2C3H2O2.Zn/c2*1-2-3(4)5;/h2*1H,(H,4,5);/q;;+2/p-2. The Bertz CT molecular complexity index is 184. The summed E-state index contributed by atoms with van der Waals surface area (Å²) in [5.41, 5.74) is 0. The van der Waals surface area contributed by atoms with Crippen LogP contribution in [-0.2, 0) is 29.1 Å². The summed E-state index contributed by atoms with van der Waals surface area (Å²) in [6.07, 6.45) is 8.52. The van der Waals surface area contributed by atoms with Gasteiger partial charge in [0.15, 0.2) is 0 Å². The van der Waals surface area contributed by atoms with Crippen LogP contribution in [0.3, 0.4) is 0 Å². The molecular weight excluding hydrogens is 201 g/mol. The van der Waals surface area contributed by atoms with Crippen molar-refractivity contribution in [2.45, 2.75) is 0 Å². The molecule has 0 radical (unpaired) electrons. The SMILES string of the molecule is C#CC(=O)[O-].C#CC(=O)[O-].[Zn+2]. The monoisotopic (exact) mass is 202 g/mol. The molecule has 5 heteroatoms. The molecule has 0 aromatic rings. The molecule has 11 heavy (non-hydrogen) atoms. The minimum absolute atomic E-state index is 0. The number of carbonyl (C=O) groups excluding carboxylic acids is 2. The Hall–Kier alpha value is -1.32. The first-order chi connectivity index (χ1) is 4.54. The maximum Gasteiger partial charge on any atom is 2.00 e. The molecule has 0 N–H and O–H groups in total. The summed E-state index contributed by atoms with van der Waals surface area (Å²) in [5, 5.41) is 18.0. The van der Waals surface area contributed by atoms with Gasteiger partial charge < -0.3 is 19.8 Å². The van der Waals surface area contributed by atoms with Crippen molar-refractivity contribution in [2.24, 2.45) is 0 Å². The van der Waals surface area contributed by atoms with Gasteiger partial charge in [0.2, 0.25) is 0 Å². The number of hydrogen-bond donors (Lipinski definition) is 0. The molecule has 0 aliphatic rings. The molecule has 0 rings (SSSR count). The normalized spacial score (nSPS) is 4.91. The summed E-state index contributed by atoms with van der Waals surface area (Å²) in [6.45, 7) is 0. The van der Waals surface area contributed by atoms with Crippen LogP contribution in [-0.4, -0.2) is 11.9 Å². The van der Waals surface area contributed by atoms with Crippen LogP contribution in [0.4, 0.5) is 0 Å². The van der Waals surface area contributed by atoms with Crippen molar-refractivity contribution in [2.75, 3.05) is 0 Å². The molecule has 0 aromatic heterocycles. The second kappa shape index (κ2) is 11.5. The van der Waals surface area contributed by atoms with E-state index in [0.717, 1.165) is 0 Å². The first kappa shape index (κ1) is 16.3. The van der Waals surface area contributed by atoms with Gasteiger partial charge in [-0.05, 0) is 0 Å². The molecule has 0 amide bonds. The van der Waals surface area contributed by atoms with Crippen LogP contribution >= 0.6 is 0 Å². The summed E-state index contributed by atoms with van der Waals surface area (Å²) in [6, 6.07) is 0. The minimum Gasteiger partial charge on any atom is -0.537 e. The summed E-state index contributed by atoms with van der Waals surface area (Å²) in [5.74, 6) is -0.269. The molecule has 0 fully saturated rings. The Kier molecular flexibility index (Phi) is 17.1. The quantitative estimate of drug-likeness (QED) is 0.306. The molecule has 0 saturated heterocycles. The van der Waals surface area contributed by atoms with Crippen LogP contribution in [0.1, 0.15) is 0 Å². The minimum atomic E-state index is -1.47. The van der Waals surface area contributed by atoms with Gasteiger partial charge in [-0.2, -0.15) is 0 Å². The van der Waals surface area contributed by atoms with E-state index in [9.17, 15) is 0 Å². The predicted octanol–water partition coefficient (Wildman–Crippen LogP) is -3.26. The Labute approximate surface area is 76.4 Å². The van der Waals surface area contributed by atoms with Gasteiger partial charge in [0, 0.05) is 0 Å². The van der Waals surface area contributed by atoms with Crippen LogP contribution in [0.25, 0.3) is 0 Å². The fraction of sp³-hybridized carbons (Fsp3) is 0. The van der Waals surface area contributed by atoms with Crippen molar-refractivity contribution in [3.63, 3.8) is 0 Å². The van der Waals surface area contributed by atoms with Crippen molar-refractivity contribution < 1.29 is 39.3 Å². The predicted molar refractivity (Wildman–Crippen MR) is 27.7 cm³/mol. The molecule has 0 aliphatic heterocycles. The number of carboxylic acid groups (broad SMARTS) is 2. The molecular formula is C6H2O4Zn. The average molecular weight is 203 g/mol. The molecule has 0 spiro atoms. The smallest absolute Gasteiger partial charge is 0.537 e. The Morgan fingerprint density at radius 2 is 1.09 bits per heavy atom. The molecule has 0 saturated carbocycles. The van der Waals surface area contributed by atoms with E-state index in [1.165, 1.54) is 11.8 Å². The third-order valence-corrected chi connectivity index (χ3v) is 0.236. The summed E-state index contributed by atoms with van der Waals surface area (Å²) in [7, 11) is 0. The van der Waals surface area contributed by atoms with Gasteiger partial charge in [0.1, 0.15) is 11.9 Å². The zero-order valence-electron chi connectivity index (χ0n) is 5.49. The van der Waals surface area contributed by atoms with E-state index in [2.05, 4.69) is 12.8 Å². The molecule has 0 unspecified atom stereocenters. The maximum atomic E-state index is 9.02. The second-order valence-electron chi connectivity index (χ2n) is 0.864. The van der Waals surface area contributed by atoms with Crippen molar-refractivity contribution in [3.8, 4) is 24.7 Å². The Balaban J connectivity index is -0.000000107. The first-order valence-corrected chi connectivity index (χ1v) is 1.89. The molecule has 0 aromatic carbocycles. The topological polar surface area (TPSA) is 80.3 Å². The van der Waals surface area contributed by atoms with Crippen LogP contribution < -0.4 is 10.2 Å². The zero-order valence-corrected chi connectivity index (χ0v) is 8.46. The number of aliphatic carboxylic acids is 2. The van der Waals surface area contributed by atoms with E-state index >= 15 is 0 Å². The van der Waals surface area contributed by atoms with Crippen LogP contribution in [0.2, 0.25) is 0 Å². The van der Waals surface area contributed by atoms with E-state index in [4.69, 9.17) is 19.8 Å². The van der Waals surface area contributed by atoms with Crippen LogP contribution in [0.5, 0.6) is 0 Å². The molecule has 4 nitrogen and oxygen atoms in total. The maximum absolute atomic E-state index is 9.02. The van der Waals surface area contributed by atoms with Gasteiger partial charge in [-0.25, -0.2) is 0 Å². The zero-order chi connectivity index (χ0) is 8.57. The van der Waals surface area contributed by atoms with Gasteiger partial charge in [0.25, 0.3) is 0 Å². The van der Waals surface area contributed by atoms with Crippen molar-refractivity contribution in [1.29, 1.82) is 0 Å². The average Bonchev–Trinajstić information content (AvgIpc) is 1.89. The van der Waals surface area contributed by atoms with Crippen LogP contribution in [0, 0.1) is 24.7 Å². The number of terminal acetylenes is 2. The van der Waals surface area contributed by atoms with Crippen molar-refractivity contribution in [3.05, 3.63) is 0 Å². The number of carbonyl (C=O) groups is 2. The molecule has 0 bridgehead atoms. The van der Waals surface area contributed by atoms with E-state index in [1.807, 2.05) is 0 Å². The third kappa shape index (κ3) is 53.9. The molecule has 0 atom stereocenters. The van der Waals surface area contributed by atoms with Gasteiger partial charge in [-0.3, -0.25) is 0 Å². The fourth-order valence-corrected chi connectivity index (χ4v) is 0. The van der Waals surface area contributed by atoms with Crippen molar-refractivity contribution in [1.82, 2.24) is 0 Å². The number of hydrogen-bond acceptors (Lipinski definition) is 4. The third-order valence-electron chi connectivity index (χ3n) is 0.236. The largest absolute Gasteiger partial charge is 2.00 e. The van der Waals surface area contributed by atoms with E-state index in [1.54, 1.807) is 0 Å². The molecule has 0 aliphatic carbocycles. The number of rotatable bonds is 0. The Morgan fingerprint density at radius 3 is 1.09 bits per heavy atom. The molecule has 52 valence electrons. The van der Waals surface area contributed by atoms with Gasteiger partial charge in [-0.1, -0.05) is 11.8 Å². The first-order valence-electron chi connectivity index (χ1n) is 1.89. The summed E-state index contributed by atoms with van der Waals surface area (Å²) in [4.78, 5) is 18.0.